The number of hydrogen-bond donors (Lipinski definition) is 1. The number of rotatable bonds is 4. The maximum Gasteiger partial charge on any atom is 0.118 e. The number of methoxy groups -OCH3 is 1. The van der Waals surface area contributed by atoms with Crippen molar-refractivity contribution in [1.82, 2.24) is 0 Å². The smallest absolute Gasteiger partial charge is 0.118 e. The van der Waals surface area contributed by atoms with Crippen molar-refractivity contribution < 1.29 is 9.84 Å². The Morgan fingerprint density at radius 2 is 1.94 bits per heavy atom. The molecule has 0 heterocycles. The standard InChI is InChI=1S/C15H22O2/c1-11-13(7-10-15(11)16)6-3-12-4-8-14(17-2)9-5-12/h4-5,8-9,11,13,15-16H,3,6-7,10H2,1-2H3. The molecule has 0 bridgehead atoms. The number of aliphatic hydroxyl groups is 1. The average molecular weight is 234 g/mol. The molecule has 3 unspecified atom stereocenters. The maximum atomic E-state index is 9.72. The van der Waals surface area contributed by atoms with Gasteiger partial charge in [-0.3, -0.25) is 0 Å². The number of hydrogen-bond acceptors (Lipinski definition) is 2. The van der Waals surface area contributed by atoms with E-state index in [0.717, 1.165) is 18.6 Å². The van der Waals surface area contributed by atoms with Gasteiger partial charge in [-0.2, -0.15) is 0 Å². The van der Waals surface area contributed by atoms with E-state index in [0.29, 0.717) is 11.8 Å². The van der Waals surface area contributed by atoms with E-state index in [1.165, 1.54) is 18.4 Å². The largest absolute Gasteiger partial charge is 0.497 e. The Morgan fingerprint density at radius 3 is 2.47 bits per heavy atom. The molecule has 94 valence electrons. The first-order valence-corrected chi connectivity index (χ1v) is 6.51. The normalized spacial score (nSPS) is 28.3. The second-order valence-electron chi connectivity index (χ2n) is 5.15. The minimum absolute atomic E-state index is 0.0733. The molecule has 17 heavy (non-hydrogen) atoms. The highest BCUT2D eigenvalue weighted by molar-refractivity contribution is 5.27. The summed E-state index contributed by atoms with van der Waals surface area (Å²) in [6.45, 7) is 2.18. The lowest BCUT2D eigenvalue weighted by molar-refractivity contribution is 0.126. The van der Waals surface area contributed by atoms with Gasteiger partial charge < -0.3 is 9.84 Å². The van der Waals surface area contributed by atoms with Crippen LogP contribution in [0.25, 0.3) is 0 Å². The first-order valence-electron chi connectivity index (χ1n) is 6.51. The van der Waals surface area contributed by atoms with E-state index >= 15 is 0 Å². The molecule has 0 amide bonds. The lowest BCUT2D eigenvalue weighted by Crippen LogP contribution is -2.15. The van der Waals surface area contributed by atoms with Crippen LogP contribution in [0.1, 0.15) is 31.7 Å². The van der Waals surface area contributed by atoms with E-state index in [9.17, 15) is 5.11 Å². The van der Waals surface area contributed by atoms with Gasteiger partial charge in [-0.1, -0.05) is 19.1 Å². The minimum atomic E-state index is -0.0733. The molecular weight excluding hydrogens is 212 g/mol. The second-order valence-corrected chi connectivity index (χ2v) is 5.15. The SMILES string of the molecule is COc1ccc(CCC2CCC(O)C2C)cc1. The molecular formula is C15H22O2. The molecule has 0 saturated heterocycles. The van der Waals surface area contributed by atoms with Crippen LogP contribution < -0.4 is 4.74 Å². The molecule has 1 saturated carbocycles. The molecule has 0 radical (unpaired) electrons. The van der Waals surface area contributed by atoms with Crippen LogP contribution >= 0.6 is 0 Å². The summed E-state index contributed by atoms with van der Waals surface area (Å²) >= 11 is 0. The van der Waals surface area contributed by atoms with Crippen molar-refractivity contribution in [1.29, 1.82) is 0 Å². The number of aliphatic hydroxyl groups excluding tert-OH is 1. The van der Waals surface area contributed by atoms with E-state index in [1.807, 2.05) is 12.1 Å². The van der Waals surface area contributed by atoms with Crippen LogP contribution in [0.15, 0.2) is 24.3 Å². The van der Waals surface area contributed by atoms with Crippen LogP contribution in [0.4, 0.5) is 0 Å². The van der Waals surface area contributed by atoms with Crippen LogP contribution in [-0.2, 0) is 6.42 Å². The van der Waals surface area contributed by atoms with Gasteiger partial charge in [0.25, 0.3) is 0 Å². The van der Waals surface area contributed by atoms with Crippen LogP contribution in [0.3, 0.4) is 0 Å². The maximum absolute atomic E-state index is 9.72. The van der Waals surface area contributed by atoms with Crippen LogP contribution in [0.2, 0.25) is 0 Å². The third kappa shape index (κ3) is 3.01. The quantitative estimate of drug-likeness (QED) is 0.867. The predicted molar refractivity (Wildman–Crippen MR) is 69.2 cm³/mol. The zero-order chi connectivity index (χ0) is 12.3. The van der Waals surface area contributed by atoms with Crippen molar-refractivity contribution in [2.24, 2.45) is 11.8 Å². The third-order valence-corrected chi connectivity index (χ3v) is 4.15. The molecule has 1 N–H and O–H groups in total. The van der Waals surface area contributed by atoms with Crippen molar-refractivity contribution in [2.45, 2.75) is 38.7 Å². The fourth-order valence-corrected chi connectivity index (χ4v) is 2.78. The Morgan fingerprint density at radius 1 is 1.24 bits per heavy atom. The predicted octanol–water partition coefficient (Wildman–Crippen LogP) is 3.03. The Bertz CT molecular complexity index is 344. The van der Waals surface area contributed by atoms with Gasteiger partial charge in [0.2, 0.25) is 0 Å². The molecule has 1 fully saturated rings. The summed E-state index contributed by atoms with van der Waals surface area (Å²) in [6, 6.07) is 8.30. The van der Waals surface area contributed by atoms with E-state index < -0.39 is 0 Å². The molecule has 2 heteroatoms. The number of ether oxygens (including phenoxy) is 1. The Kier molecular flexibility index (Phi) is 4.06. The lowest BCUT2D eigenvalue weighted by atomic mass is 9.91. The van der Waals surface area contributed by atoms with E-state index in [2.05, 4.69) is 19.1 Å². The summed E-state index contributed by atoms with van der Waals surface area (Å²) in [6.07, 6.45) is 4.37. The van der Waals surface area contributed by atoms with Gasteiger partial charge in [0.1, 0.15) is 5.75 Å². The molecule has 2 nitrogen and oxygen atoms in total. The van der Waals surface area contributed by atoms with Gasteiger partial charge >= 0.3 is 0 Å². The summed E-state index contributed by atoms with van der Waals surface area (Å²) < 4.78 is 5.15. The number of benzene rings is 1. The van der Waals surface area contributed by atoms with Crippen molar-refractivity contribution >= 4 is 0 Å². The summed E-state index contributed by atoms with van der Waals surface area (Å²) in [4.78, 5) is 0. The summed E-state index contributed by atoms with van der Waals surface area (Å²) in [5.41, 5.74) is 1.36. The monoisotopic (exact) mass is 234 g/mol. The van der Waals surface area contributed by atoms with E-state index in [4.69, 9.17) is 4.74 Å². The first-order chi connectivity index (χ1) is 8.20. The molecule has 0 aliphatic heterocycles. The number of aryl methyl sites for hydroxylation is 1. The summed E-state index contributed by atoms with van der Waals surface area (Å²) in [7, 11) is 1.69. The van der Waals surface area contributed by atoms with Crippen molar-refractivity contribution in [3.05, 3.63) is 29.8 Å². The minimum Gasteiger partial charge on any atom is -0.497 e. The fourth-order valence-electron chi connectivity index (χ4n) is 2.78. The average Bonchev–Trinajstić information content (AvgIpc) is 2.68. The molecule has 1 aromatic carbocycles. The van der Waals surface area contributed by atoms with Gasteiger partial charge in [0, 0.05) is 0 Å². The summed E-state index contributed by atoms with van der Waals surface area (Å²) in [5, 5.41) is 9.72. The highest BCUT2D eigenvalue weighted by Gasteiger charge is 2.30. The van der Waals surface area contributed by atoms with Crippen LogP contribution in [-0.4, -0.2) is 18.3 Å². The van der Waals surface area contributed by atoms with Crippen LogP contribution in [0, 0.1) is 11.8 Å². The summed E-state index contributed by atoms with van der Waals surface area (Å²) in [5.74, 6) is 2.07. The fraction of sp³-hybridized carbons (Fsp3) is 0.600. The van der Waals surface area contributed by atoms with Gasteiger partial charge in [-0.15, -0.1) is 0 Å². The molecule has 3 atom stereocenters. The van der Waals surface area contributed by atoms with Crippen molar-refractivity contribution in [3.63, 3.8) is 0 Å². The van der Waals surface area contributed by atoms with Gasteiger partial charge in [0.05, 0.1) is 13.2 Å². The third-order valence-electron chi connectivity index (χ3n) is 4.15. The Balaban J connectivity index is 1.85. The zero-order valence-electron chi connectivity index (χ0n) is 10.7. The van der Waals surface area contributed by atoms with Crippen molar-refractivity contribution in [3.8, 4) is 5.75 Å². The Hall–Kier alpha value is -1.02. The van der Waals surface area contributed by atoms with Crippen molar-refractivity contribution in [2.75, 3.05) is 7.11 Å². The van der Waals surface area contributed by atoms with E-state index in [-0.39, 0.29) is 6.10 Å². The van der Waals surface area contributed by atoms with Gasteiger partial charge in [0.15, 0.2) is 0 Å². The molecule has 1 aromatic rings. The lowest BCUT2D eigenvalue weighted by Gasteiger charge is -2.17. The van der Waals surface area contributed by atoms with Gasteiger partial charge in [-0.25, -0.2) is 0 Å². The highest BCUT2D eigenvalue weighted by Crippen LogP contribution is 2.34. The van der Waals surface area contributed by atoms with Gasteiger partial charge in [-0.05, 0) is 55.2 Å². The Labute approximate surface area is 104 Å². The molecule has 1 aliphatic carbocycles. The first kappa shape index (κ1) is 12.4. The van der Waals surface area contributed by atoms with Crippen LogP contribution in [0.5, 0.6) is 5.75 Å². The molecule has 0 aromatic heterocycles. The zero-order valence-corrected chi connectivity index (χ0v) is 10.7. The topological polar surface area (TPSA) is 29.5 Å². The second kappa shape index (κ2) is 5.54. The molecule has 2 rings (SSSR count). The van der Waals surface area contributed by atoms with E-state index in [1.54, 1.807) is 7.11 Å². The molecule has 1 aliphatic rings. The molecule has 0 spiro atoms. The highest BCUT2D eigenvalue weighted by atomic mass is 16.5.